The molecule has 2 N–H and O–H groups in total. The van der Waals surface area contributed by atoms with Crippen LogP contribution in [0.5, 0.6) is 0 Å². The Morgan fingerprint density at radius 2 is 1.69 bits per heavy atom. The van der Waals surface area contributed by atoms with Gasteiger partial charge in [-0.2, -0.15) is 0 Å². The minimum atomic E-state index is 0. The molecule has 0 aromatic heterocycles. The van der Waals surface area contributed by atoms with E-state index in [0.717, 1.165) is 51.0 Å². The van der Waals surface area contributed by atoms with E-state index in [1.54, 1.807) is 0 Å². The topological polar surface area (TPSA) is 69.9 Å². The lowest BCUT2D eigenvalue weighted by Crippen LogP contribution is -2.52. The molecule has 2 fully saturated rings. The summed E-state index contributed by atoms with van der Waals surface area (Å²) in [6, 6.07) is 8.34. The summed E-state index contributed by atoms with van der Waals surface area (Å²) in [6.45, 7) is 4.17. The number of hydrogen-bond acceptors (Lipinski definition) is 4. The van der Waals surface area contributed by atoms with Crippen molar-refractivity contribution in [1.29, 1.82) is 0 Å². The molecule has 4 rings (SSSR count). The maximum absolute atomic E-state index is 12.7. The number of carbonyl (C=O) groups is 2. The van der Waals surface area contributed by atoms with Crippen LogP contribution in [0.2, 0.25) is 0 Å². The number of benzene rings is 1. The van der Waals surface area contributed by atoms with Gasteiger partial charge in [0, 0.05) is 50.9 Å². The Hall–Kier alpha value is -1.34. The number of rotatable bonds is 4. The molecule has 0 radical (unpaired) electrons. The standard InChI is InChI=1S/C21H30N4O2.2ClH/c22-18-6-3-5-17(18)14-20(26)24-12-10-23(11-13-24)15-21(27)25-9-8-16-4-1-2-7-19(16)25;;/h1-2,4,7,17-18H,3,5-6,8-15,22H2;2*1H/t17-,18+;;/m0../s1. The third-order valence-corrected chi connectivity index (χ3v) is 6.43. The molecule has 29 heavy (non-hydrogen) atoms. The van der Waals surface area contributed by atoms with Gasteiger partial charge in [0.15, 0.2) is 0 Å². The lowest BCUT2D eigenvalue weighted by Gasteiger charge is -2.35. The van der Waals surface area contributed by atoms with Gasteiger partial charge >= 0.3 is 0 Å². The highest BCUT2D eigenvalue weighted by atomic mass is 35.5. The van der Waals surface area contributed by atoms with Crippen LogP contribution in [0.1, 0.15) is 31.2 Å². The van der Waals surface area contributed by atoms with Crippen molar-refractivity contribution in [2.24, 2.45) is 11.7 Å². The van der Waals surface area contributed by atoms with Crippen molar-refractivity contribution in [3.05, 3.63) is 29.8 Å². The predicted molar refractivity (Wildman–Crippen MR) is 120 cm³/mol. The van der Waals surface area contributed by atoms with E-state index in [0.29, 0.717) is 32.0 Å². The highest BCUT2D eigenvalue weighted by Crippen LogP contribution is 2.28. The van der Waals surface area contributed by atoms with Gasteiger partial charge in [-0.3, -0.25) is 14.5 Å². The second-order valence-corrected chi connectivity index (χ2v) is 8.14. The summed E-state index contributed by atoms with van der Waals surface area (Å²) in [7, 11) is 0. The molecule has 8 heteroatoms. The molecule has 6 nitrogen and oxygen atoms in total. The summed E-state index contributed by atoms with van der Waals surface area (Å²) in [5.41, 5.74) is 8.42. The highest BCUT2D eigenvalue weighted by Gasteiger charge is 2.30. The molecule has 1 saturated carbocycles. The Balaban J connectivity index is 0.00000150. The van der Waals surface area contributed by atoms with E-state index in [1.807, 2.05) is 28.0 Å². The molecule has 0 unspecified atom stereocenters. The molecular formula is C21H32Cl2N4O2. The fourth-order valence-electron chi connectivity index (χ4n) is 4.70. The fourth-order valence-corrected chi connectivity index (χ4v) is 4.70. The van der Waals surface area contributed by atoms with Crippen molar-refractivity contribution in [3.63, 3.8) is 0 Å². The Kier molecular flexibility index (Phi) is 8.76. The van der Waals surface area contributed by atoms with Gasteiger partial charge in [0.2, 0.25) is 11.8 Å². The summed E-state index contributed by atoms with van der Waals surface area (Å²) < 4.78 is 0. The van der Waals surface area contributed by atoms with Gasteiger partial charge < -0.3 is 15.5 Å². The van der Waals surface area contributed by atoms with Crippen LogP contribution in [0.3, 0.4) is 0 Å². The smallest absolute Gasteiger partial charge is 0.241 e. The summed E-state index contributed by atoms with van der Waals surface area (Å²) in [5.74, 6) is 0.751. The lowest BCUT2D eigenvalue weighted by molar-refractivity contribution is -0.134. The van der Waals surface area contributed by atoms with Gasteiger partial charge in [-0.25, -0.2) is 0 Å². The largest absolute Gasteiger partial charge is 0.340 e. The van der Waals surface area contributed by atoms with Crippen molar-refractivity contribution in [2.75, 3.05) is 44.2 Å². The number of fused-ring (bicyclic) bond motifs is 1. The minimum absolute atomic E-state index is 0. The molecule has 0 bridgehead atoms. The zero-order valence-corrected chi connectivity index (χ0v) is 18.4. The second-order valence-electron chi connectivity index (χ2n) is 8.14. The first-order valence-corrected chi connectivity index (χ1v) is 10.3. The Morgan fingerprint density at radius 3 is 2.38 bits per heavy atom. The van der Waals surface area contributed by atoms with E-state index in [4.69, 9.17) is 5.73 Å². The summed E-state index contributed by atoms with van der Waals surface area (Å²) in [4.78, 5) is 31.3. The molecule has 2 atom stereocenters. The average molecular weight is 443 g/mol. The zero-order valence-electron chi connectivity index (χ0n) is 16.8. The Morgan fingerprint density at radius 1 is 0.966 bits per heavy atom. The highest BCUT2D eigenvalue weighted by molar-refractivity contribution is 5.96. The van der Waals surface area contributed by atoms with Crippen LogP contribution in [0, 0.1) is 5.92 Å². The van der Waals surface area contributed by atoms with Crippen LogP contribution in [0.15, 0.2) is 24.3 Å². The molecule has 162 valence electrons. The molecule has 1 aromatic carbocycles. The summed E-state index contributed by atoms with van der Waals surface area (Å²) in [5, 5.41) is 0. The van der Waals surface area contributed by atoms with Gasteiger partial charge in [-0.15, -0.1) is 24.8 Å². The van der Waals surface area contributed by atoms with Crippen molar-refractivity contribution >= 4 is 42.3 Å². The maximum Gasteiger partial charge on any atom is 0.241 e. The van der Waals surface area contributed by atoms with Crippen LogP contribution in [-0.4, -0.2) is 66.9 Å². The van der Waals surface area contributed by atoms with E-state index in [2.05, 4.69) is 11.0 Å². The van der Waals surface area contributed by atoms with Crippen LogP contribution >= 0.6 is 24.8 Å². The number of para-hydroxylation sites is 1. The Bertz CT molecular complexity index is 710. The van der Waals surface area contributed by atoms with Gasteiger partial charge in [-0.1, -0.05) is 24.6 Å². The van der Waals surface area contributed by atoms with Crippen LogP contribution in [0.4, 0.5) is 5.69 Å². The molecule has 1 saturated heterocycles. The van der Waals surface area contributed by atoms with Crippen molar-refractivity contribution in [1.82, 2.24) is 9.80 Å². The van der Waals surface area contributed by atoms with Crippen LogP contribution in [0.25, 0.3) is 0 Å². The van der Waals surface area contributed by atoms with Gasteiger partial charge in [0.05, 0.1) is 6.54 Å². The quantitative estimate of drug-likeness (QED) is 0.774. The van der Waals surface area contributed by atoms with E-state index in [-0.39, 0.29) is 42.7 Å². The van der Waals surface area contributed by atoms with Gasteiger partial charge in [-0.05, 0) is 36.8 Å². The average Bonchev–Trinajstić information content (AvgIpc) is 3.28. The number of piperazine rings is 1. The van der Waals surface area contributed by atoms with Gasteiger partial charge in [0.1, 0.15) is 0 Å². The normalized spacial score (nSPS) is 23.9. The first-order valence-electron chi connectivity index (χ1n) is 10.3. The molecule has 2 heterocycles. The molecule has 2 amide bonds. The number of anilines is 1. The van der Waals surface area contributed by atoms with Crippen molar-refractivity contribution in [3.8, 4) is 0 Å². The maximum atomic E-state index is 12.7. The monoisotopic (exact) mass is 442 g/mol. The van der Waals surface area contributed by atoms with Gasteiger partial charge in [0.25, 0.3) is 0 Å². The lowest BCUT2D eigenvalue weighted by atomic mass is 9.99. The summed E-state index contributed by atoms with van der Waals surface area (Å²) >= 11 is 0. The van der Waals surface area contributed by atoms with E-state index in [9.17, 15) is 9.59 Å². The summed E-state index contributed by atoms with van der Waals surface area (Å²) in [6.07, 6.45) is 4.80. The van der Waals surface area contributed by atoms with Crippen LogP contribution < -0.4 is 10.6 Å². The molecule has 2 aliphatic heterocycles. The number of amides is 2. The molecular weight excluding hydrogens is 411 g/mol. The van der Waals surface area contributed by atoms with Crippen molar-refractivity contribution < 1.29 is 9.59 Å². The predicted octanol–water partition coefficient (Wildman–Crippen LogP) is 2.08. The Labute approximate surface area is 185 Å². The third kappa shape index (κ3) is 5.43. The molecule has 1 aromatic rings. The van der Waals surface area contributed by atoms with Crippen molar-refractivity contribution in [2.45, 2.75) is 38.1 Å². The van der Waals surface area contributed by atoms with E-state index >= 15 is 0 Å². The zero-order chi connectivity index (χ0) is 18.8. The molecule has 1 aliphatic carbocycles. The van der Waals surface area contributed by atoms with E-state index in [1.165, 1.54) is 5.56 Å². The SMILES string of the molecule is Cl.Cl.N[C@@H]1CCC[C@H]1CC(=O)N1CCN(CC(=O)N2CCc3ccccc32)CC1. The number of halogens is 2. The number of nitrogens with two attached hydrogens (primary N) is 1. The molecule has 0 spiro atoms. The minimum Gasteiger partial charge on any atom is -0.340 e. The number of carbonyl (C=O) groups excluding carboxylic acids is 2. The first-order chi connectivity index (χ1) is 13.1. The first kappa shape index (κ1) is 23.9. The third-order valence-electron chi connectivity index (χ3n) is 6.43. The fraction of sp³-hybridized carbons (Fsp3) is 0.619. The van der Waals surface area contributed by atoms with Crippen LogP contribution in [-0.2, 0) is 16.0 Å². The molecule has 3 aliphatic rings. The van der Waals surface area contributed by atoms with E-state index < -0.39 is 0 Å². The number of hydrogen-bond donors (Lipinski definition) is 1. The second kappa shape index (κ2) is 10.6. The number of nitrogens with zero attached hydrogens (tertiary/aromatic N) is 3.